The number of hydrogen-bond acceptors (Lipinski definition) is 6. The fourth-order valence-electron chi connectivity index (χ4n) is 2.09. The van der Waals surface area contributed by atoms with Gasteiger partial charge in [0.2, 0.25) is 0 Å². The molecule has 0 spiro atoms. The number of H-pyrrole nitrogens is 1. The quantitative estimate of drug-likeness (QED) is 0.492. The molecule has 0 saturated carbocycles. The van der Waals surface area contributed by atoms with Crippen molar-refractivity contribution in [3.63, 3.8) is 0 Å². The molecule has 0 aliphatic carbocycles. The lowest BCUT2D eigenvalue weighted by atomic mass is 10.1. The highest BCUT2D eigenvalue weighted by Crippen LogP contribution is 2.30. The van der Waals surface area contributed by atoms with E-state index in [-0.39, 0.29) is 18.6 Å². The summed E-state index contributed by atoms with van der Waals surface area (Å²) in [7, 11) is 0. The van der Waals surface area contributed by atoms with Crippen molar-refractivity contribution in [1.29, 1.82) is 0 Å². The van der Waals surface area contributed by atoms with Crippen LogP contribution in [0.25, 0.3) is 0 Å². The topological polar surface area (TPSA) is 125 Å². The van der Waals surface area contributed by atoms with Crippen LogP contribution in [0.2, 0.25) is 0 Å². The number of nitrogens with one attached hydrogen (secondary N) is 1. The van der Waals surface area contributed by atoms with E-state index < -0.39 is 42.5 Å². The molecule has 9 heteroatoms. The summed E-state index contributed by atoms with van der Waals surface area (Å²) in [6.45, 7) is -0.909. The molecule has 1 aromatic heterocycles. The number of rotatable bonds is 4. The molecular weight excluding hydrogens is 275 g/mol. The smallest absolute Gasteiger partial charge is 0.330 e. The van der Waals surface area contributed by atoms with Crippen LogP contribution in [-0.4, -0.2) is 56.5 Å². The predicted octanol–water partition coefficient (Wildman–Crippen LogP) is -2.34. The van der Waals surface area contributed by atoms with Gasteiger partial charge >= 0.3 is 5.69 Å². The summed E-state index contributed by atoms with van der Waals surface area (Å²) in [4.78, 5) is 25.1. The van der Waals surface area contributed by atoms with Crippen molar-refractivity contribution in [1.82, 2.24) is 9.55 Å². The van der Waals surface area contributed by atoms with E-state index >= 15 is 0 Å². The van der Waals surface area contributed by atoms with Gasteiger partial charge in [0.25, 0.3) is 5.56 Å². The third-order valence-electron chi connectivity index (χ3n) is 3.17. The van der Waals surface area contributed by atoms with E-state index in [0.29, 0.717) is 0 Å². The highest BCUT2D eigenvalue weighted by molar-refractivity contribution is 5.06. The first-order valence-electron chi connectivity index (χ1n) is 6.03. The molecule has 2 rings (SSSR count). The molecule has 4 N–H and O–H groups in total. The van der Waals surface area contributed by atoms with Crippen LogP contribution >= 0.6 is 0 Å². The molecule has 4 atom stereocenters. The number of aromatic nitrogens is 2. The van der Waals surface area contributed by atoms with Crippen molar-refractivity contribution in [2.24, 2.45) is 0 Å². The van der Waals surface area contributed by atoms with Crippen LogP contribution in [0.4, 0.5) is 4.39 Å². The lowest BCUT2D eigenvalue weighted by Gasteiger charge is -2.16. The second-order valence-corrected chi connectivity index (χ2v) is 4.48. The van der Waals surface area contributed by atoms with Crippen LogP contribution < -0.4 is 11.2 Å². The lowest BCUT2D eigenvalue weighted by molar-refractivity contribution is -0.0492. The van der Waals surface area contributed by atoms with Crippen LogP contribution in [0.5, 0.6) is 0 Å². The SMILES string of the molecule is O=c1[nH]c(=O)n([C@@H]2O[C@H](CO)[C@@H](O)[C@@H]2F)cc1CCO. The number of aliphatic hydroxyl groups is 3. The minimum Gasteiger partial charge on any atom is -0.396 e. The summed E-state index contributed by atoms with van der Waals surface area (Å²) in [6, 6.07) is 0. The molecule has 2 heterocycles. The van der Waals surface area contributed by atoms with Gasteiger partial charge in [0.15, 0.2) is 12.4 Å². The standard InChI is InChI=1S/C11H15FN2O6/c12-7-8(17)6(4-16)20-10(7)14-3-5(1-2-15)9(18)13-11(14)19/h3,6-8,10,15-17H,1-2,4H2,(H,13,18,19)/t6-,7+,8-,10-/m1/s1. The Morgan fingerprint density at radius 3 is 2.65 bits per heavy atom. The molecule has 1 aromatic rings. The first kappa shape index (κ1) is 14.9. The summed E-state index contributed by atoms with van der Waals surface area (Å²) >= 11 is 0. The van der Waals surface area contributed by atoms with E-state index in [4.69, 9.17) is 14.9 Å². The molecule has 20 heavy (non-hydrogen) atoms. The van der Waals surface area contributed by atoms with Gasteiger partial charge in [-0.25, -0.2) is 9.18 Å². The van der Waals surface area contributed by atoms with Crippen molar-refractivity contribution < 1.29 is 24.4 Å². The van der Waals surface area contributed by atoms with Crippen LogP contribution in [0, 0.1) is 0 Å². The van der Waals surface area contributed by atoms with Crippen molar-refractivity contribution >= 4 is 0 Å². The van der Waals surface area contributed by atoms with E-state index in [9.17, 15) is 19.1 Å². The second kappa shape index (κ2) is 5.83. The Bertz CT molecular complexity index is 585. The number of nitrogens with zero attached hydrogens (tertiary/aromatic N) is 1. The van der Waals surface area contributed by atoms with Gasteiger partial charge in [0.05, 0.1) is 6.61 Å². The Morgan fingerprint density at radius 1 is 1.40 bits per heavy atom. The minimum atomic E-state index is -1.92. The van der Waals surface area contributed by atoms with Crippen molar-refractivity contribution in [3.05, 3.63) is 32.6 Å². The fraction of sp³-hybridized carbons (Fsp3) is 0.636. The zero-order valence-corrected chi connectivity index (χ0v) is 10.4. The summed E-state index contributed by atoms with van der Waals surface area (Å²) in [5, 5.41) is 27.3. The fourth-order valence-corrected chi connectivity index (χ4v) is 2.09. The van der Waals surface area contributed by atoms with E-state index in [2.05, 4.69) is 0 Å². The molecule has 0 amide bonds. The zero-order valence-electron chi connectivity index (χ0n) is 10.4. The van der Waals surface area contributed by atoms with Gasteiger partial charge < -0.3 is 20.1 Å². The third kappa shape index (κ3) is 2.52. The van der Waals surface area contributed by atoms with E-state index in [1.54, 1.807) is 0 Å². The molecule has 8 nitrogen and oxygen atoms in total. The zero-order chi connectivity index (χ0) is 14.9. The molecule has 0 radical (unpaired) electrons. The molecule has 0 aromatic carbocycles. The van der Waals surface area contributed by atoms with E-state index in [0.717, 1.165) is 10.8 Å². The molecule has 1 saturated heterocycles. The van der Waals surface area contributed by atoms with Crippen LogP contribution in [0.1, 0.15) is 11.8 Å². The summed E-state index contributed by atoms with van der Waals surface area (Å²) in [5.41, 5.74) is -1.48. The average Bonchev–Trinajstić information content (AvgIpc) is 2.70. The number of ether oxygens (including phenoxy) is 1. The van der Waals surface area contributed by atoms with Crippen LogP contribution in [-0.2, 0) is 11.2 Å². The van der Waals surface area contributed by atoms with Crippen molar-refractivity contribution in [2.45, 2.75) is 31.0 Å². The van der Waals surface area contributed by atoms with Gasteiger partial charge in [-0.15, -0.1) is 0 Å². The van der Waals surface area contributed by atoms with Crippen LogP contribution in [0.3, 0.4) is 0 Å². The second-order valence-electron chi connectivity index (χ2n) is 4.48. The summed E-state index contributed by atoms with van der Waals surface area (Å²) in [6.07, 6.45) is -4.99. The van der Waals surface area contributed by atoms with Crippen molar-refractivity contribution in [2.75, 3.05) is 13.2 Å². The number of aromatic amines is 1. The van der Waals surface area contributed by atoms with Gasteiger partial charge in [-0.05, 0) is 0 Å². The lowest BCUT2D eigenvalue weighted by Crippen LogP contribution is -2.37. The van der Waals surface area contributed by atoms with Crippen LogP contribution in [0.15, 0.2) is 15.8 Å². The molecule has 112 valence electrons. The molecule has 1 fully saturated rings. The van der Waals surface area contributed by atoms with Gasteiger partial charge in [0, 0.05) is 24.8 Å². The number of alkyl halides is 1. The van der Waals surface area contributed by atoms with Crippen molar-refractivity contribution in [3.8, 4) is 0 Å². The average molecular weight is 290 g/mol. The first-order valence-corrected chi connectivity index (χ1v) is 6.03. The number of aliphatic hydroxyl groups excluding tert-OH is 3. The number of hydrogen-bond donors (Lipinski definition) is 4. The van der Waals surface area contributed by atoms with E-state index in [1.807, 2.05) is 4.98 Å². The Kier molecular flexibility index (Phi) is 4.33. The van der Waals surface area contributed by atoms with Gasteiger partial charge in [-0.3, -0.25) is 14.3 Å². The summed E-state index contributed by atoms with van der Waals surface area (Å²) < 4.78 is 19.8. The maximum atomic E-state index is 13.9. The monoisotopic (exact) mass is 290 g/mol. The molecule has 1 aliphatic heterocycles. The van der Waals surface area contributed by atoms with E-state index in [1.165, 1.54) is 0 Å². The first-order chi connectivity index (χ1) is 9.49. The minimum absolute atomic E-state index is 0.00866. The highest BCUT2D eigenvalue weighted by Gasteiger charge is 2.45. The Balaban J connectivity index is 2.40. The Morgan fingerprint density at radius 2 is 2.10 bits per heavy atom. The number of halogens is 1. The highest BCUT2D eigenvalue weighted by atomic mass is 19.1. The van der Waals surface area contributed by atoms with Gasteiger partial charge in [-0.2, -0.15) is 0 Å². The molecular formula is C11H15FN2O6. The molecule has 1 aliphatic rings. The van der Waals surface area contributed by atoms with Gasteiger partial charge in [0.1, 0.15) is 12.2 Å². The summed E-state index contributed by atoms with van der Waals surface area (Å²) in [5.74, 6) is 0. The molecule has 0 bridgehead atoms. The maximum absolute atomic E-state index is 13.9. The predicted molar refractivity (Wildman–Crippen MR) is 64.0 cm³/mol. The Labute approximate surface area is 112 Å². The Hall–Kier alpha value is -1.55. The maximum Gasteiger partial charge on any atom is 0.330 e. The third-order valence-corrected chi connectivity index (χ3v) is 3.17. The normalized spacial score (nSPS) is 29.8. The largest absolute Gasteiger partial charge is 0.396 e. The van der Waals surface area contributed by atoms with Gasteiger partial charge in [-0.1, -0.05) is 0 Å². The molecule has 0 unspecified atom stereocenters.